The number of ether oxygens (including phenoxy) is 1. The lowest BCUT2D eigenvalue weighted by atomic mass is 9.93. The third-order valence-corrected chi connectivity index (χ3v) is 5.38. The Balaban J connectivity index is 1.87. The van der Waals surface area contributed by atoms with Crippen LogP contribution in [0, 0.1) is 5.92 Å². The first-order chi connectivity index (χ1) is 11.8. The van der Waals surface area contributed by atoms with Gasteiger partial charge in [0.15, 0.2) is 0 Å². The van der Waals surface area contributed by atoms with Crippen LogP contribution in [0.25, 0.3) is 0 Å². The Hall–Kier alpha value is -1.61. The molecule has 1 aromatic heterocycles. The number of primary sulfonamides is 1. The molecule has 1 aliphatic heterocycles. The van der Waals surface area contributed by atoms with Crippen molar-refractivity contribution in [1.29, 1.82) is 0 Å². The van der Waals surface area contributed by atoms with Gasteiger partial charge in [0.2, 0.25) is 10.0 Å². The number of aryl methyl sites for hydroxylation is 1. The van der Waals surface area contributed by atoms with E-state index in [-0.39, 0.29) is 16.5 Å². The van der Waals surface area contributed by atoms with E-state index in [1.165, 1.54) is 12.4 Å². The number of nitrogens with two attached hydrogens (primary N) is 1. The highest BCUT2D eigenvalue weighted by atomic mass is 32.2. The highest BCUT2D eigenvalue weighted by molar-refractivity contribution is 7.89. The number of hydrogen-bond donors (Lipinski definition) is 1. The smallest absolute Gasteiger partial charge is 0.410 e. The van der Waals surface area contributed by atoms with Crippen LogP contribution in [0.3, 0.4) is 0 Å². The van der Waals surface area contributed by atoms with Gasteiger partial charge in [-0.2, -0.15) is 5.10 Å². The molecule has 148 valence electrons. The lowest BCUT2D eigenvalue weighted by Crippen LogP contribution is -2.45. The number of nitrogens with zero attached hydrogens (tertiary/aromatic N) is 3. The van der Waals surface area contributed by atoms with Gasteiger partial charge in [0, 0.05) is 24.8 Å². The molecule has 1 fully saturated rings. The molecular weight excluding hydrogens is 356 g/mol. The van der Waals surface area contributed by atoms with Gasteiger partial charge in [-0.15, -0.1) is 0 Å². The third-order valence-electron chi connectivity index (χ3n) is 4.51. The molecule has 1 aromatic rings. The van der Waals surface area contributed by atoms with Gasteiger partial charge in [0.1, 0.15) is 10.5 Å². The van der Waals surface area contributed by atoms with E-state index in [0.29, 0.717) is 19.0 Å². The van der Waals surface area contributed by atoms with E-state index in [2.05, 4.69) is 18.9 Å². The van der Waals surface area contributed by atoms with Crippen LogP contribution >= 0.6 is 0 Å². The average Bonchev–Trinajstić information content (AvgIpc) is 3.01. The van der Waals surface area contributed by atoms with Gasteiger partial charge in [-0.05, 0) is 59.8 Å². The maximum absolute atomic E-state index is 12.4. The van der Waals surface area contributed by atoms with Crippen LogP contribution in [0.5, 0.6) is 0 Å². The molecule has 0 bridgehead atoms. The van der Waals surface area contributed by atoms with E-state index in [0.717, 1.165) is 19.3 Å². The predicted octanol–water partition coefficient (Wildman–Crippen LogP) is 2.35. The molecule has 1 atom stereocenters. The molecule has 2 N–H and O–H groups in total. The van der Waals surface area contributed by atoms with Gasteiger partial charge < -0.3 is 9.64 Å². The molecule has 8 nitrogen and oxygen atoms in total. The molecule has 1 aliphatic rings. The van der Waals surface area contributed by atoms with Crippen molar-refractivity contribution in [3.63, 3.8) is 0 Å². The molecule has 0 aliphatic carbocycles. The molecule has 1 unspecified atom stereocenters. The second kappa shape index (κ2) is 7.19. The lowest BCUT2D eigenvalue weighted by molar-refractivity contribution is 0.0131. The zero-order valence-electron chi connectivity index (χ0n) is 16.2. The molecule has 2 rings (SSSR count). The maximum Gasteiger partial charge on any atom is 0.410 e. The second-order valence-corrected chi connectivity index (χ2v) is 10.2. The van der Waals surface area contributed by atoms with Crippen molar-refractivity contribution in [2.45, 2.75) is 76.5 Å². The van der Waals surface area contributed by atoms with Crippen LogP contribution in [0.2, 0.25) is 0 Å². The topological polar surface area (TPSA) is 108 Å². The number of amides is 1. The van der Waals surface area contributed by atoms with Crippen LogP contribution < -0.4 is 5.14 Å². The Bertz CT molecular complexity index is 749. The van der Waals surface area contributed by atoms with E-state index < -0.39 is 15.6 Å². The number of likely N-dealkylation sites (tertiary alicyclic amines) is 1. The Labute approximate surface area is 155 Å². The standard InChI is InChI=1S/C17H30N4O4S/c1-16(2,3)25-15(22)21-11-13(9-17(21,4)5)7-6-8-20-12-14(10-19-20)26(18,23)24/h10,12-13H,6-9,11H2,1-5H3,(H2,18,23,24). The van der Waals surface area contributed by atoms with Crippen molar-refractivity contribution in [3.05, 3.63) is 12.4 Å². The van der Waals surface area contributed by atoms with Crippen LogP contribution in [-0.4, -0.2) is 46.9 Å². The van der Waals surface area contributed by atoms with Gasteiger partial charge in [-0.3, -0.25) is 4.68 Å². The van der Waals surface area contributed by atoms with Gasteiger partial charge in [0.05, 0.1) is 6.20 Å². The zero-order valence-corrected chi connectivity index (χ0v) is 17.0. The van der Waals surface area contributed by atoms with Crippen molar-refractivity contribution in [2.75, 3.05) is 6.54 Å². The number of sulfonamides is 1. The minimum Gasteiger partial charge on any atom is -0.444 e. The fourth-order valence-corrected chi connectivity index (χ4v) is 3.84. The summed E-state index contributed by atoms with van der Waals surface area (Å²) in [7, 11) is -3.71. The quantitative estimate of drug-likeness (QED) is 0.836. The van der Waals surface area contributed by atoms with Crippen molar-refractivity contribution >= 4 is 16.1 Å². The molecule has 0 radical (unpaired) electrons. The zero-order chi connectivity index (χ0) is 19.8. The molecular formula is C17H30N4O4S. The van der Waals surface area contributed by atoms with Crippen molar-refractivity contribution in [2.24, 2.45) is 11.1 Å². The van der Waals surface area contributed by atoms with Crippen molar-refractivity contribution < 1.29 is 17.9 Å². The first-order valence-electron chi connectivity index (χ1n) is 8.84. The van der Waals surface area contributed by atoms with E-state index >= 15 is 0 Å². The van der Waals surface area contributed by atoms with Crippen LogP contribution in [-0.2, 0) is 21.3 Å². The molecule has 0 aromatic carbocycles. The maximum atomic E-state index is 12.4. The minimum atomic E-state index is -3.71. The summed E-state index contributed by atoms with van der Waals surface area (Å²) in [4.78, 5) is 14.3. The number of aromatic nitrogens is 2. The first-order valence-corrected chi connectivity index (χ1v) is 10.4. The third kappa shape index (κ3) is 5.44. The van der Waals surface area contributed by atoms with Crippen LogP contribution in [0.15, 0.2) is 17.3 Å². The highest BCUT2D eigenvalue weighted by Crippen LogP contribution is 2.36. The fourth-order valence-electron chi connectivity index (χ4n) is 3.37. The Morgan fingerprint density at radius 3 is 2.62 bits per heavy atom. The molecule has 0 saturated carbocycles. The molecule has 2 heterocycles. The average molecular weight is 387 g/mol. The van der Waals surface area contributed by atoms with Gasteiger partial charge in [-0.1, -0.05) is 0 Å². The monoisotopic (exact) mass is 386 g/mol. The minimum absolute atomic E-state index is 0.0237. The summed E-state index contributed by atoms with van der Waals surface area (Å²) < 4.78 is 29.7. The Morgan fingerprint density at radius 2 is 2.08 bits per heavy atom. The number of rotatable bonds is 5. The predicted molar refractivity (Wildman–Crippen MR) is 98.0 cm³/mol. The SMILES string of the molecule is CC(C)(C)OC(=O)N1CC(CCCn2cc(S(N)(=O)=O)cn2)CC1(C)C. The summed E-state index contributed by atoms with van der Waals surface area (Å²) in [5.74, 6) is 0.380. The van der Waals surface area contributed by atoms with E-state index in [4.69, 9.17) is 9.88 Å². The Kier molecular flexibility index (Phi) is 5.72. The van der Waals surface area contributed by atoms with Crippen molar-refractivity contribution in [3.8, 4) is 0 Å². The van der Waals surface area contributed by atoms with Crippen molar-refractivity contribution in [1.82, 2.24) is 14.7 Å². The summed E-state index contributed by atoms with van der Waals surface area (Å²) in [5, 5.41) is 9.12. The van der Waals surface area contributed by atoms with Gasteiger partial charge in [-0.25, -0.2) is 18.4 Å². The summed E-state index contributed by atoms with van der Waals surface area (Å²) in [6.07, 6.45) is 5.12. The van der Waals surface area contributed by atoms with Gasteiger partial charge in [0.25, 0.3) is 0 Å². The van der Waals surface area contributed by atoms with E-state index in [9.17, 15) is 13.2 Å². The van der Waals surface area contributed by atoms with E-state index in [1.807, 2.05) is 25.7 Å². The summed E-state index contributed by atoms with van der Waals surface area (Å²) in [5.41, 5.74) is -0.744. The summed E-state index contributed by atoms with van der Waals surface area (Å²) in [6.45, 7) is 11.0. The van der Waals surface area contributed by atoms with Crippen LogP contribution in [0.4, 0.5) is 4.79 Å². The Morgan fingerprint density at radius 1 is 1.42 bits per heavy atom. The molecule has 9 heteroatoms. The molecule has 0 spiro atoms. The highest BCUT2D eigenvalue weighted by Gasteiger charge is 2.42. The molecule has 1 saturated heterocycles. The van der Waals surface area contributed by atoms with Crippen LogP contribution in [0.1, 0.15) is 53.9 Å². The summed E-state index contributed by atoms with van der Waals surface area (Å²) >= 11 is 0. The largest absolute Gasteiger partial charge is 0.444 e. The second-order valence-electron chi connectivity index (χ2n) is 8.60. The number of hydrogen-bond acceptors (Lipinski definition) is 5. The van der Waals surface area contributed by atoms with E-state index in [1.54, 1.807) is 4.68 Å². The number of carbonyl (C=O) groups excluding carboxylic acids is 1. The molecule has 26 heavy (non-hydrogen) atoms. The molecule has 1 amide bonds. The summed E-state index contributed by atoms with van der Waals surface area (Å²) in [6, 6.07) is 0. The first kappa shape index (κ1) is 20.7. The van der Waals surface area contributed by atoms with Gasteiger partial charge >= 0.3 is 6.09 Å². The number of carbonyl (C=O) groups is 1. The fraction of sp³-hybridized carbons (Fsp3) is 0.765. The lowest BCUT2D eigenvalue weighted by Gasteiger charge is -2.33. The normalized spacial score (nSPS) is 20.4.